The molecule has 6 heterocycles. The van der Waals surface area contributed by atoms with Crippen molar-refractivity contribution in [1.82, 2.24) is 9.97 Å². The standard InChI is InChI=1S/C25H34B2FNO4.C13H10Cl2FN.C12H24B2O4/c1-15-11-16(2)29-20(12-15)17-13-18(26-30-22(3,4)23(5,6)31-26)21(28)19(14-17)27-32-24(7,8)25(9,10)33-27;1-7-3-8(2)17-12(4-7)9-5-10(14)13(16)11(15)6-9;1-9(2)10(3,4)16-13(15-9)14-17-11(5,6)12(7,8)18-14/h11-14H,1-10H3;3-6H,1-2H3;1-8H3. The zero-order valence-electron chi connectivity index (χ0n) is 43.6. The summed E-state index contributed by atoms with van der Waals surface area (Å²) in [5.74, 6) is -1.04. The molecule has 18 heteroatoms. The molecule has 0 atom stereocenters. The summed E-state index contributed by atoms with van der Waals surface area (Å²) in [6.07, 6.45) is 0. The number of nitrogens with zero attached hydrogens (tertiary/aromatic N) is 2. The first-order chi connectivity index (χ1) is 30.9. The third kappa shape index (κ3) is 11.0. The maximum absolute atomic E-state index is 16.1. The number of aryl methyl sites for hydroxylation is 4. The lowest BCUT2D eigenvalue weighted by Crippen LogP contribution is -2.45. The average molecular weight is 977 g/mol. The molecule has 0 radical (unpaired) electrons. The van der Waals surface area contributed by atoms with Crippen LogP contribution in [0.5, 0.6) is 0 Å². The summed E-state index contributed by atoms with van der Waals surface area (Å²) in [4.78, 5) is 9.07. The van der Waals surface area contributed by atoms with Crippen molar-refractivity contribution in [1.29, 1.82) is 0 Å². The number of benzene rings is 2. The van der Waals surface area contributed by atoms with Gasteiger partial charge >= 0.3 is 28.3 Å². The first kappa shape index (κ1) is 54.5. The molecule has 0 spiro atoms. The highest BCUT2D eigenvalue weighted by molar-refractivity contribution is 7.11. The summed E-state index contributed by atoms with van der Waals surface area (Å²) >= 11 is 11.5. The monoisotopic (exact) mass is 976 g/mol. The Hall–Kier alpha value is -2.88. The molecule has 0 amide bonds. The van der Waals surface area contributed by atoms with E-state index in [4.69, 9.17) is 65.4 Å². The van der Waals surface area contributed by atoms with Gasteiger partial charge in [0.1, 0.15) is 5.82 Å². The highest BCUT2D eigenvalue weighted by atomic mass is 35.5. The fourth-order valence-corrected chi connectivity index (χ4v) is 8.27. The molecule has 0 bridgehead atoms. The molecule has 0 N–H and O–H groups in total. The van der Waals surface area contributed by atoms with E-state index in [-0.39, 0.29) is 32.4 Å². The Morgan fingerprint density at radius 2 is 0.647 bits per heavy atom. The van der Waals surface area contributed by atoms with Gasteiger partial charge in [-0.2, -0.15) is 0 Å². The molecule has 4 aliphatic heterocycles. The van der Waals surface area contributed by atoms with Crippen molar-refractivity contribution in [2.75, 3.05) is 0 Å². The molecule has 0 saturated carbocycles. The van der Waals surface area contributed by atoms with Gasteiger partial charge in [0.2, 0.25) is 0 Å². The smallest absolute Gasteiger partial charge is 0.405 e. The molecule has 366 valence electrons. The Bertz CT molecular complexity index is 2340. The summed E-state index contributed by atoms with van der Waals surface area (Å²) in [6.45, 7) is 39.7. The van der Waals surface area contributed by atoms with E-state index in [0.717, 1.165) is 39.5 Å². The molecule has 4 aliphatic rings. The first-order valence-electron chi connectivity index (χ1n) is 23.2. The maximum Gasteiger partial charge on any atom is 0.497 e. The van der Waals surface area contributed by atoms with E-state index in [1.54, 1.807) is 12.1 Å². The SMILES string of the molecule is CC1(C)OB(B2OC(C)(C)C(C)(C)O2)OC1(C)C.Cc1cc(C)nc(-c2cc(B3OC(C)(C)C(C)(C)O3)c(F)c(B3OC(C)(C)C(C)(C)O3)c2)c1.Cc1cc(C)nc(-c2cc(Cl)c(F)c(Cl)c2)c1. The second kappa shape index (κ2) is 18.6. The first-order valence-corrected chi connectivity index (χ1v) is 24.0. The highest BCUT2D eigenvalue weighted by Crippen LogP contribution is 2.44. The fraction of sp³-hybridized carbons (Fsp3) is 0.560. The van der Waals surface area contributed by atoms with E-state index in [1.165, 1.54) is 12.1 Å². The third-order valence-corrected chi connectivity index (χ3v) is 15.2. The Kier molecular flexibility index (Phi) is 14.9. The minimum Gasteiger partial charge on any atom is -0.405 e. The van der Waals surface area contributed by atoms with Gasteiger partial charge in [-0.15, -0.1) is 0 Å². The lowest BCUT2D eigenvalue weighted by molar-refractivity contribution is 0.00578. The molecular formula is C50H68B4Cl2F2N2O8. The van der Waals surface area contributed by atoms with Crippen LogP contribution >= 0.6 is 23.2 Å². The molecule has 2 aromatic carbocycles. The van der Waals surface area contributed by atoms with Crippen LogP contribution in [-0.2, 0) is 37.2 Å². The zero-order valence-corrected chi connectivity index (χ0v) is 45.1. The topological polar surface area (TPSA) is 99.6 Å². The van der Waals surface area contributed by atoms with Crippen molar-refractivity contribution in [3.8, 4) is 22.5 Å². The van der Waals surface area contributed by atoms with Crippen molar-refractivity contribution < 1.29 is 46.0 Å². The van der Waals surface area contributed by atoms with E-state index < -0.39 is 62.3 Å². The van der Waals surface area contributed by atoms with Gasteiger partial charge in [0, 0.05) is 27.9 Å². The number of pyridine rings is 2. The van der Waals surface area contributed by atoms with Gasteiger partial charge in [-0.1, -0.05) is 35.3 Å². The van der Waals surface area contributed by atoms with Gasteiger partial charge in [0.05, 0.1) is 66.2 Å². The molecule has 8 rings (SSSR count). The van der Waals surface area contributed by atoms with E-state index in [2.05, 4.69) is 4.98 Å². The van der Waals surface area contributed by atoms with Crippen molar-refractivity contribution in [3.05, 3.63) is 92.7 Å². The summed E-state index contributed by atoms with van der Waals surface area (Å²) in [6, 6.07) is 14.5. The average Bonchev–Trinajstić information content (AvgIpc) is 3.73. The quantitative estimate of drug-likeness (QED) is 0.142. The fourth-order valence-electron chi connectivity index (χ4n) is 7.78. The number of hydrogen-bond acceptors (Lipinski definition) is 10. The van der Waals surface area contributed by atoms with Crippen LogP contribution < -0.4 is 10.9 Å². The molecule has 0 aliphatic carbocycles. The number of halogens is 4. The molecule has 10 nitrogen and oxygen atoms in total. The van der Waals surface area contributed by atoms with Crippen LogP contribution in [0.3, 0.4) is 0 Å². The highest BCUT2D eigenvalue weighted by Gasteiger charge is 2.64. The molecule has 0 unspecified atom stereocenters. The predicted molar refractivity (Wildman–Crippen MR) is 272 cm³/mol. The minimum atomic E-state index is -0.859. The number of hydrogen-bond donors (Lipinski definition) is 0. The summed E-state index contributed by atoms with van der Waals surface area (Å²) in [7, 11) is -2.67. The van der Waals surface area contributed by atoms with Crippen molar-refractivity contribution in [2.45, 2.75) is 183 Å². The molecule has 4 saturated heterocycles. The lowest BCUT2D eigenvalue weighted by Gasteiger charge is -2.32. The number of rotatable bonds is 5. The lowest BCUT2D eigenvalue weighted by atomic mass is 9.49. The molecule has 2 aromatic heterocycles. The van der Waals surface area contributed by atoms with Gasteiger partial charge in [-0.05, 0) is 192 Å². The van der Waals surface area contributed by atoms with Crippen molar-refractivity contribution >= 4 is 62.4 Å². The largest absolute Gasteiger partial charge is 0.497 e. The van der Waals surface area contributed by atoms with Gasteiger partial charge in [0.25, 0.3) is 0 Å². The Morgan fingerprint density at radius 1 is 0.382 bits per heavy atom. The van der Waals surface area contributed by atoms with Crippen molar-refractivity contribution in [3.63, 3.8) is 0 Å². The molecule has 68 heavy (non-hydrogen) atoms. The van der Waals surface area contributed by atoms with Crippen LogP contribution in [0.15, 0.2) is 48.5 Å². The van der Waals surface area contributed by atoms with Gasteiger partial charge < -0.3 is 37.2 Å². The minimum absolute atomic E-state index is 0.00783. The summed E-state index contributed by atoms with van der Waals surface area (Å²) < 4.78 is 78.1. The van der Waals surface area contributed by atoms with E-state index in [1.807, 2.05) is 163 Å². The van der Waals surface area contributed by atoms with Crippen molar-refractivity contribution in [2.24, 2.45) is 0 Å². The van der Waals surface area contributed by atoms with Crippen LogP contribution in [0.1, 0.15) is 133 Å². The van der Waals surface area contributed by atoms with E-state index >= 15 is 4.39 Å². The van der Waals surface area contributed by atoms with E-state index in [9.17, 15) is 4.39 Å². The molecule has 4 aromatic rings. The summed E-state index contributed by atoms with van der Waals surface area (Å²) in [5.41, 5.74) is 3.75. The predicted octanol–water partition coefficient (Wildman–Crippen LogP) is 11.2. The second-order valence-electron chi connectivity index (χ2n) is 22.5. The Morgan fingerprint density at radius 3 is 0.926 bits per heavy atom. The van der Waals surface area contributed by atoms with Gasteiger partial charge in [-0.3, -0.25) is 9.97 Å². The van der Waals surface area contributed by atoms with E-state index in [0.29, 0.717) is 16.5 Å². The summed E-state index contributed by atoms with van der Waals surface area (Å²) in [5, 5.41) is 0.0157. The van der Waals surface area contributed by atoms with Crippen LogP contribution in [0.2, 0.25) is 10.0 Å². The van der Waals surface area contributed by atoms with Crippen LogP contribution in [-0.4, -0.2) is 83.0 Å². The van der Waals surface area contributed by atoms with Crippen LogP contribution in [0.4, 0.5) is 8.78 Å². The molecular weight excluding hydrogens is 909 g/mol. The van der Waals surface area contributed by atoms with Gasteiger partial charge in [0.15, 0.2) is 5.82 Å². The second-order valence-corrected chi connectivity index (χ2v) is 23.3. The normalized spacial score (nSPS) is 22.2. The third-order valence-electron chi connectivity index (χ3n) is 14.7. The van der Waals surface area contributed by atoms with Crippen LogP contribution in [0.25, 0.3) is 22.5 Å². The van der Waals surface area contributed by atoms with Crippen LogP contribution in [0, 0.1) is 39.3 Å². The van der Waals surface area contributed by atoms with Gasteiger partial charge in [-0.25, -0.2) is 8.78 Å². The Labute approximate surface area is 415 Å². The maximum atomic E-state index is 16.1. The number of aromatic nitrogens is 2. The molecule has 4 fully saturated rings. The Balaban J connectivity index is 0.000000184. The zero-order chi connectivity index (χ0) is 51.1.